The lowest BCUT2D eigenvalue weighted by atomic mass is 10.2. The number of hydrogen-bond acceptors (Lipinski definition) is 5. The van der Waals surface area contributed by atoms with Crippen molar-refractivity contribution >= 4 is 12.0 Å². The van der Waals surface area contributed by atoms with Crippen LogP contribution >= 0.6 is 0 Å². The lowest BCUT2D eigenvalue weighted by Gasteiger charge is -2.14. The van der Waals surface area contributed by atoms with Crippen LogP contribution in [0.1, 0.15) is 5.56 Å². The minimum atomic E-state index is -1.73. The van der Waals surface area contributed by atoms with Crippen molar-refractivity contribution in [2.45, 2.75) is 12.4 Å². The molecule has 5 nitrogen and oxygen atoms in total. The van der Waals surface area contributed by atoms with Crippen molar-refractivity contribution in [2.75, 3.05) is 6.61 Å². The third-order valence-corrected chi connectivity index (χ3v) is 1.96. The second kappa shape index (κ2) is 6.80. The molecule has 5 heteroatoms. The monoisotopic (exact) mass is 238 g/mol. The standard InChI is InChI=1S/C12H14O5/c13-8-10(14)12(16)17-11(15)7-6-9-4-2-1-3-5-9/h1-7,10,12-14,16H,8H2/b7-6+. The van der Waals surface area contributed by atoms with Crippen molar-refractivity contribution in [1.82, 2.24) is 0 Å². The Morgan fingerprint density at radius 2 is 1.94 bits per heavy atom. The zero-order chi connectivity index (χ0) is 12.7. The Morgan fingerprint density at radius 3 is 2.53 bits per heavy atom. The summed E-state index contributed by atoms with van der Waals surface area (Å²) in [6.07, 6.45) is -0.583. The number of esters is 1. The van der Waals surface area contributed by atoms with Crippen molar-refractivity contribution in [1.29, 1.82) is 0 Å². The van der Waals surface area contributed by atoms with Gasteiger partial charge in [0, 0.05) is 6.08 Å². The fraction of sp³-hybridized carbons (Fsp3) is 0.250. The summed E-state index contributed by atoms with van der Waals surface area (Å²) >= 11 is 0. The Labute approximate surface area is 98.6 Å². The molecule has 0 heterocycles. The van der Waals surface area contributed by atoms with Gasteiger partial charge in [-0.25, -0.2) is 4.79 Å². The number of hydrogen-bond donors (Lipinski definition) is 3. The molecule has 0 bridgehead atoms. The van der Waals surface area contributed by atoms with Crippen LogP contribution in [-0.2, 0) is 9.53 Å². The number of benzene rings is 1. The Morgan fingerprint density at radius 1 is 1.29 bits per heavy atom. The highest BCUT2D eigenvalue weighted by atomic mass is 16.6. The lowest BCUT2D eigenvalue weighted by Crippen LogP contribution is -2.33. The maximum absolute atomic E-state index is 11.2. The first-order valence-corrected chi connectivity index (χ1v) is 5.04. The molecule has 0 fully saturated rings. The molecule has 1 aromatic carbocycles. The van der Waals surface area contributed by atoms with Gasteiger partial charge in [-0.1, -0.05) is 30.3 Å². The van der Waals surface area contributed by atoms with E-state index in [0.717, 1.165) is 11.6 Å². The maximum atomic E-state index is 11.2. The molecular formula is C12H14O5. The number of aliphatic hydroxyl groups excluding tert-OH is 3. The van der Waals surface area contributed by atoms with Crippen LogP contribution in [0.2, 0.25) is 0 Å². The molecule has 17 heavy (non-hydrogen) atoms. The van der Waals surface area contributed by atoms with Gasteiger partial charge in [0.15, 0.2) is 0 Å². The quantitative estimate of drug-likeness (QED) is 0.379. The molecule has 2 unspecified atom stereocenters. The Bertz CT molecular complexity index is 374. The van der Waals surface area contributed by atoms with Gasteiger partial charge in [-0.3, -0.25) is 0 Å². The third-order valence-electron chi connectivity index (χ3n) is 1.96. The zero-order valence-corrected chi connectivity index (χ0v) is 9.06. The molecule has 0 saturated carbocycles. The predicted octanol–water partition coefficient (Wildman–Crippen LogP) is -0.0854. The van der Waals surface area contributed by atoms with E-state index >= 15 is 0 Å². The molecule has 0 aliphatic carbocycles. The smallest absolute Gasteiger partial charge is 0.333 e. The van der Waals surface area contributed by atoms with Crippen LogP contribution in [0.3, 0.4) is 0 Å². The van der Waals surface area contributed by atoms with E-state index in [2.05, 4.69) is 4.74 Å². The topological polar surface area (TPSA) is 87.0 Å². The number of carbonyl (C=O) groups excluding carboxylic acids is 1. The van der Waals surface area contributed by atoms with Crippen LogP contribution in [0.15, 0.2) is 36.4 Å². The summed E-state index contributed by atoms with van der Waals surface area (Å²) in [7, 11) is 0. The summed E-state index contributed by atoms with van der Waals surface area (Å²) in [5.74, 6) is -0.797. The molecule has 0 aliphatic heterocycles. The average Bonchev–Trinajstić information content (AvgIpc) is 2.36. The van der Waals surface area contributed by atoms with Crippen molar-refractivity contribution in [3.8, 4) is 0 Å². The van der Waals surface area contributed by atoms with Gasteiger partial charge < -0.3 is 20.1 Å². The Hall–Kier alpha value is -1.69. The average molecular weight is 238 g/mol. The van der Waals surface area contributed by atoms with Crippen molar-refractivity contribution in [3.63, 3.8) is 0 Å². The van der Waals surface area contributed by atoms with Crippen LogP contribution in [0.4, 0.5) is 0 Å². The van der Waals surface area contributed by atoms with E-state index in [9.17, 15) is 4.79 Å². The first kappa shape index (κ1) is 13.4. The number of ether oxygens (including phenoxy) is 1. The minimum Gasteiger partial charge on any atom is -0.430 e. The molecule has 0 saturated heterocycles. The number of aliphatic hydroxyl groups is 3. The van der Waals surface area contributed by atoms with Gasteiger partial charge in [-0.2, -0.15) is 0 Å². The van der Waals surface area contributed by atoms with E-state index in [1.807, 2.05) is 18.2 Å². The molecule has 1 aromatic rings. The molecule has 0 radical (unpaired) electrons. The first-order valence-electron chi connectivity index (χ1n) is 5.04. The normalized spacial score (nSPS) is 14.5. The molecule has 0 aliphatic rings. The highest BCUT2D eigenvalue weighted by molar-refractivity contribution is 5.87. The highest BCUT2D eigenvalue weighted by Crippen LogP contribution is 2.02. The minimum absolute atomic E-state index is 0.684. The van der Waals surface area contributed by atoms with Crippen molar-refractivity contribution in [2.24, 2.45) is 0 Å². The van der Waals surface area contributed by atoms with Gasteiger partial charge >= 0.3 is 5.97 Å². The van der Waals surface area contributed by atoms with E-state index < -0.39 is 25.0 Å². The largest absolute Gasteiger partial charge is 0.430 e. The molecule has 2 atom stereocenters. The third kappa shape index (κ3) is 4.78. The summed E-state index contributed by atoms with van der Waals surface area (Å²) < 4.78 is 4.44. The van der Waals surface area contributed by atoms with E-state index in [1.165, 1.54) is 6.08 Å². The van der Waals surface area contributed by atoms with Gasteiger partial charge in [-0.05, 0) is 11.6 Å². The summed E-state index contributed by atoms with van der Waals surface area (Å²) in [5.41, 5.74) is 0.807. The van der Waals surface area contributed by atoms with Gasteiger partial charge in [0.05, 0.1) is 6.61 Å². The van der Waals surface area contributed by atoms with Gasteiger partial charge in [0.2, 0.25) is 6.29 Å². The van der Waals surface area contributed by atoms with Crippen molar-refractivity contribution in [3.05, 3.63) is 42.0 Å². The summed E-state index contributed by atoms with van der Waals surface area (Å²) in [6, 6.07) is 9.06. The van der Waals surface area contributed by atoms with E-state index in [4.69, 9.17) is 15.3 Å². The van der Waals surface area contributed by atoms with Crippen LogP contribution in [0.5, 0.6) is 0 Å². The van der Waals surface area contributed by atoms with Crippen LogP contribution in [0, 0.1) is 0 Å². The van der Waals surface area contributed by atoms with E-state index in [-0.39, 0.29) is 0 Å². The van der Waals surface area contributed by atoms with Crippen LogP contribution in [0.25, 0.3) is 6.08 Å². The lowest BCUT2D eigenvalue weighted by molar-refractivity contribution is -0.185. The second-order valence-corrected chi connectivity index (χ2v) is 3.32. The van der Waals surface area contributed by atoms with Gasteiger partial charge in [-0.15, -0.1) is 0 Å². The highest BCUT2D eigenvalue weighted by Gasteiger charge is 2.18. The summed E-state index contributed by atoms with van der Waals surface area (Å²) in [5, 5.41) is 26.6. The fourth-order valence-electron chi connectivity index (χ4n) is 1.06. The first-order chi connectivity index (χ1) is 8.13. The molecule has 0 aromatic heterocycles. The molecule has 0 amide bonds. The predicted molar refractivity (Wildman–Crippen MR) is 60.7 cm³/mol. The van der Waals surface area contributed by atoms with Gasteiger partial charge in [0.1, 0.15) is 6.10 Å². The summed E-state index contributed by atoms with van der Waals surface area (Å²) in [6.45, 7) is -0.684. The van der Waals surface area contributed by atoms with E-state index in [0.29, 0.717) is 0 Å². The molecule has 92 valence electrons. The number of carbonyl (C=O) groups is 1. The fourth-order valence-corrected chi connectivity index (χ4v) is 1.06. The maximum Gasteiger partial charge on any atom is 0.333 e. The second-order valence-electron chi connectivity index (χ2n) is 3.32. The van der Waals surface area contributed by atoms with Gasteiger partial charge in [0.25, 0.3) is 0 Å². The molecule has 0 spiro atoms. The van der Waals surface area contributed by atoms with Crippen molar-refractivity contribution < 1.29 is 24.9 Å². The van der Waals surface area contributed by atoms with Crippen LogP contribution in [-0.4, -0.2) is 40.3 Å². The summed E-state index contributed by atoms with van der Waals surface area (Å²) in [4.78, 5) is 11.2. The zero-order valence-electron chi connectivity index (χ0n) is 9.06. The van der Waals surface area contributed by atoms with Crippen LogP contribution < -0.4 is 0 Å². The molecule has 3 N–H and O–H groups in total. The Kier molecular flexibility index (Phi) is 5.35. The Balaban J connectivity index is 2.47. The SMILES string of the molecule is O=C(/C=C/c1ccccc1)OC(O)C(O)CO. The molecule has 1 rings (SSSR count). The number of rotatable bonds is 5. The van der Waals surface area contributed by atoms with E-state index in [1.54, 1.807) is 12.1 Å². The molecular weight excluding hydrogens is 224 g/mol.